The van der Waals surface area contributed by atoms with Gasteiger partial charge in [0.25, 0.3) is 0 Å². The summed E-state index contributed by atoms with van der Waals surface area (Å²) >= 11 is 1.66. The first-order valence-corrected chi connectivity index (χ1v) is 16.7. The number of nitrogens with zero attached hydrogens (tertiary/aromatic N) is 2. The van der Waals surface area contributed by atoms with Gasteiger partial charge >= 0.3 is 0 Å². The molecule has 0 aromatic heterocycles. The van der Waals surface area contributed by atoms with Crippen LogP contribution in [0.3, 0.4) is 0 Å². The fourth-order valence-electron chi connectivity index (χ4n) is 7.69. The van der Waals surface area contributed by atoms with Gasteiger partial charge in [-0.1, -0.05) is 57.5 Å². The van der Waals surface area contributed by atoms with Gasteiger partial charge in [-0.25, -0.2) is 0 Å². The highest BCUT2D eigenvalue weighted by molar-refractivity contribution is 8.02. The smallest absolute Gasteiger partial charge is 0.248 e. The molecule has 3 N–H and O–H groups in total. The normalized spacial score (nSPS) is 28.8. The van der Waals surface area contributed by atoms with E-state index in [1.165, 1.54) is 0 Å². The highest BCUT2D eigenvalue weighted by Crippen LogP contribution is 2.69. The van der Waals surface area contributed by atoms with Crippen LogP contribution in [0.5, 0.6) is 0 Å². The van der Waals surface area contributed by atoms with Crippen LogP contribution in [-0.2, 0) is 20.9 Å². The summed E-state index contributed by atoms with van der Waals surface area (Å²) in [5.41, 5.74) is 2.74. The maximum Gasteiger partial charge on any atom is 0.248 e. The molecule has 0 aliphatic carbocycles. The molecular formula is C34H46N4O4S. The highest BCUT2D eigenvalue weighted by Gasteiger charge is 2.76. The van der Waals surface area contributed by atoms with Gasteiger partial charge in [-0.05, 0) is 61.9 Å². The predicted molar refractivity (Wildman–Crippen MR) is 173 cm³/mol. The van der Waals surface area contributed by atoms with E-state index in [0.717, 1.165) is 37.2 Å². The number of rotatable bonds is 12. The van der Waals surface area contributed by atoms with Gasteiger partial charge in [0, 0.05) is 36.3 Å². The van der Waals surface area contributed by atoms with Crippen LogP contribution in [0.4, 0.5) is 11.4 Å². The molecule has 8 atom stereocenters. The number of nitrogens with one attached hydrogen (secondary N) is 2. The van der Waals surface area contributed by atoms with Crippen molar-refractivity contribution in [2.75, 3.05) is 29.9 Å². The fourth-order valence-corrected chi connectivity index (χ4v) is 10.1. The molecule has 3 heterocycles. The van der Waals surface area contributed by atoms with E-state index in [0.29, 0.717) is 12.2 Å². The fraction of sp³-hybridized carbons (Fsp3) is 0.559. The SMILES string of the molecule is CC[C@H](C)[C@H](CO)N1C(=O)[C@@H]2[C@@H](C(=O)NCc3ccccc3)[C@H]3CC(C)C2(S3)C1C(=O)Nc1ccc(N(CC)CC)cc1. The third-order valence-corrected chi connectivity index (χ3v) is 12.2. The standard InChI is InChI=1S/C34H46N4O4S/c1-6-21(4)26(20-39)38-30(32(41)36-24-14-16-25(17-15-24)37(7-2)8-3)34-22(5)18-27(43-34)28(29(34)33(38)42)31(40)35-19-23-12-10-9-11-13-23/h9-17,21-22,26-30,39H,6-8,18-20H2,1-5H3,(H,35,40)(H,36,41)/t21-,22?,26-,27+,28-,29-,30?,34?/m0/s1. The molecule has 43 heavy (non-hydrogen) atoms. The minimum atomic E-state index is -0.796. The van der Waals surface area contributed by atoms with Crippen molar-refractivity contribution in [2.45, 2.75) is 76.1 Å². The Morgan fingerprint density at radius 2 is 1.74 bits per heavy atom. The van der Waals surface area contributed by atoms with Crippen molar-refractivity contribution in [1.82, 2.24) is 10.2 Å². The van der Waals surface area contributed by atoms with Crippen molar-refractivity contribution in [2.24, 2.45) is 23.7 Å². The third kappa shape index (κ3) is 5.43. The Labute approximate surface area is 260 Å². The zero-order chi connectivity index (χ0) is 30.9. The number of hydrogen-bond donors (Lipinski definition) is 3. The average molecular weight is 607 g/mol. The van der Waals surface area contributed by atoms with Crippen LogP contribution in [-0.4, -0.2) is 69.5 Å². The summed E-state index contributed by atoms with van der Waals surface area (Å²) in [4.78, 5) is 46.6. The van der Waals surface area contributed by atoms with Gasteiger partial charge in [0.05, 0.1) is 29.2 Å². The molecule has 2 aromatic rings. The molecule has 3 unspecified atom stereocenters. The van der Waals surface area contributed by atoms with Crippen LogP contribution < -0.4 is 15.5 Å². The first-order chi connectivity index (χ1) is 20.7. The van der Waals surface area contributed by atoms with Crippen LogP contribution in [0.15, 0.2) is 54.6 Å². The highest BCUT2D eigenvalue weighted by atomic mass is 32.2. The van der Waals surface area contributed by atoms with E-state index in [-0.39, 0.29) is 41.4 Å². The van der Waals surface area contributed by atoms with Crippen LogP contribution >= 0.6 is 11.8 Å². The summed E-state index contributed by atoms with van der Waals surface area (Å²) in [6.07, 6.45) is 1.52. The van der Waals surface area contributed by atoms with Crippen molar-refractivity contribution < 1.29 is 19.5 Å². The number of fused-ring (bicyclic) bond motifs is 1. The Bertz CT molecular complexity index is 1300. The van der Waals surface area contributed by atoms with E-state index in [1.54, 1.807) is 16.7 Å². The molecule has 8 nitrogen and oxygen atoms in total. The Balaban J connectivity index is 1.48. The monoisotopic (exact) mass is 606 g/mol. The van der Waals surface area contributed by atoms with E-state index in [2.05, 4.69) is 36.3 Å². The second kappa shape index (κ2) is 12.9. The van der Waals surface area contributed by atoms with E-state index in [1.807, 2.05) is 68.4 Å². The van der Waals surface area contributed by atoms with Crippen molar-refractivity contribution in [1.29, 1.82) is 0 Å². The number of aliphatic hydroxyl groups is 1. The maximum atomic E-state index is 14.5. The molecule has 0 radical (unpaired) electrons. The summed E-state index contributed by atoms with van der Waals surface area (Å²) in [7, 11) is 0. The molecule has 3 fully saturated rings. The first kappa shape index (κ1) is 31.4. The number of anilines is 2. The van der Waals surface area contributed by atoms with Gasteiger partial charge in [-0.2, -0.15) is 0 Å². The second-order valence-electron chi connectivity index (χ2n) is 12.3. The van der Waals surface area contributed by atoms with Crippen molar-refractivity contribution >= 4 is 40.9 Å². The predicted octanol–water partition coefficient (Wildman–Crippen LogP) is 4.53. The second-order valence-corrected chi connectivity index (χ2v) is 13.9. The van der Waals surface area contributed by atoms with Crippen molar-refractivity contribution in [3.8, 4) is 0 Å². The van der Waals surface area contributed by atoms with E-state index in [9.17, 15) is 19.5 Å². The van der Waals surface area contributed by atoms with Crippen LogP contribution in [0, 0.1) is 23.7 Å². The maximum absolute atomic E-state index is 14.5. The lowest BCUT2D eigenvalue weighted by Crippen LogP contribution is -2.58. The van der Waals surface area contributed by atoms with Crippen LogP contribution in [0.25, 0.3) is 0 Å². The van der Waals surface area contributed by atoms with Crippen molar-refractivity contribution in [3.05, 3.63) is 60.2 Å². The lowest BCUT2D eigenvalue weighted by atomic mass is 9.66. The average Bonchev–Trinajstić information content (AvgIpc) is 3.62. The minimum Gasteiger partial charge on any atom is -0.394 e. The topological polar surface area (TPSA) is 102 Å². The van der Waals surface area contributed by atoms with Crippen molar-refractivity contribution in [3.63, 3.8) is 0 Å². The molecule has 2 aromatic carbocycles. The summed E-state index contributed by atoms with van der Waals surface area (Å²) < 4.78 is -0.747. The number of benzene rings is 2. The molecule has 3 aliphatic rings. The number of aliphatic hydroxyl groups excluding tert-OH is 1. The number of hydrogen-bond acceptors (Lipinski definition) is 6. The number of thioether (sulfide) groups is 1. The quantitative estimate of drug-likeness (QED) is 0.328. The molecule has 1 spiro atoms. The van der Waals surface area contributed by atoms with Gasteiger partial charge in [-0.15, -0.1) is 11.8 Å². The largest absolute Gasteiger partial charge is 0.394 e. The van der Waals surface area contributed by atoms with Gasteiger partial charge in [0.2, 0.25) is 17.7 Å². The Kier molecular flexibility index (Phi) is 9.42. The third-order valence-electron chi connectivity index (χ3n) is 10.2. The van der Waals surface area contributed by atoms with Gasteiger partial charge in [0.1, 0.15) is 6.04 Å². The number of likely N-dealkylation sites (tertiary alicyclic amines) is 1. The molecule has 2 bridgehead atoms. The number of amides is 3. The lowest BCUT2D eigenvalue weighted by molar-refractivity contribution is -0.143. The molecular weight excluding hydrogens is 560 g/mol. The van der Waals surface area contributed by atoms with E-state index in [4.69, 9.17) is 0 Å². The molecule has 3 amide bonds. The molecule has 232 valence electrons. The molecule has 3 saturated heterocycles. The Morgan fingerprint density at radius 3 is 2.35 bits per heavy atom. The van der Waals surface area contributed by atoms with Crippen LogP contribution in [0.1, 0.15) is 53.0 Å². The summed E-state index contributed by atoms with van der Waals surface area (Å²) in [6.45, 7) is 12.3. The number of carbonyl (C=O) groups is 3. The van der Waals surface area contributed by atoms with E-state index >= 15 is 0 Å². The summed E-state index contributed by atoms with van der Waals surface area (Å²) in [5.74, 6) is -1.68. The first-order valence-electron chi connectivity index (χ1n) is 15.8. The zero-order valence-electron chi connectivity index (χ0n) is 26.0. The lowest BCUT2D eigenvalue weighted by Gasteiger charge is -2.41. The summed E-state index contributed by atoms with van der Waals surface area (Å²) in [5, 5.41) is 16.8. The van der Waals surface area contributed by atoms with Gasteiger partial charge in [-0.3, -0.25) is 14.4 Å². The van der Waals surface area contributed by atoms with Crippen LogP contribution in [0.2, 0.25) is 0 Å². The zero-order valence-corrected chi connectivity index (χ0v) is 26.8. The summed E-state index contributed by atoms with van der Waals surface area (Å²) in [6, 6.07) is 16.3. The minimum absolute atomic E-state index is 0.0179. The molecule has 5 rings (SSSR count). The van der Waals surface area contributed by atoms with Gasteiger partial charge in [0.15, 0.2) is 0 Å². The molecule has 3 aliphatic heterocycles. The molecule has 0 saturated carbocycles. The Morgan fingerprint density at radius 1 is 1.07 bits per heavy atom. The Hall–Kier alpha value is -3.04. The number of carbonyl (C=O) groups excluding carboxylic acids is 3. The van der Waals surface area contributed by atoms with Gasteiger partial charge < -0.3 is 25.5 Å². The van der Waals surface area contributed by atoms with E-state index < -0.39 is 28.7 Å². The molecule has 9 heteroatoms.